The zero-order chi connectivity index (χ0) is 18.5. The fourth-order valence-corrected chi connectivity index (χ4v) is 2.92. The van der Waals surface area contributed by atoms with E-state index in [2.05, 4.69) is 0 Å². The first-order valence-electron chi connectivity index (χ1n) is 8.22. The Bertz CT molecular complexity index is 835. The molecule has 0 radical (unpaired) electrons. The molecule has 3 rings (SSSR count). The molecular formula is C20H20ClNO4. The molecule has 1 aliphatic heterocycles. The molecule has 136 valence electrons. The quantitative estimate of drug-likeness (QED) is 0.748. The highest BCUT2D eigenvalue weighted by Crippen LogP contribution is 2.38. The first kappa shape index (κ1) is 18.1. The van der Waals surface area contributed by atoms with Crippen molar-refractivity contribution >= 4 is 23.6 Å². The summed E-state index contributed by atoms with van der Waals surface area (Å²) in [5.74, 6) is 1.81. The number of rotatable bonds is 5. The maximum atomic E-state index is 12.4. The van der Waals surface area contributed by atoms with Crippen molar-refractivity contribution in [1.82, 2.24) is 4.90 Å². The van der Waals surface area contributed by atoms with Crippen LogP contribution in [-0.4, -0.2) is 38.2 Å². The molecule has 0 saturated heterocycles. The van der Waals surface area contributed by atoms with Crippen LogP contribution in [0.15, 0.2) is 42.5 Å². The van der Waals surface area contributed by atoms with Crippen molar-refractivity contribution in [3.05, 3.63) is 58.6 Å². The number of likely N-dealkylation sites (N-methyl/N-ethyl adjacent to an activating group) is 1. The average molecular weight is 374 g/mol. The molecule has 0 spiro atoms. The van der Waals surface area contributed by atoms with Crippen molar-refractivity contribution in [1.29, 1.82) is 0 Å². The molecule has 0 fully saturated rings. The molecule has 1 heterocycles. The number of amides is 1. The van der Waals surface area contributed by atoms with Gasteiger partial charge in [0.25, 0.3) is 0 Å². The van der Waals surface area contributed by atoms with Crippen LogP contribution in [-0.2, 0) is 11.3 Å². The molecule has 0 N–H and O–H groups in total. The molecule has 5 nitrogen and oxygen atoms in total. The summed E-state index contributed by atoms with van der Waals surface area (Å²) in [4.78, 5) is 14.0. The van der Waals surface area contributed by atoms with Gasteiger partial charge in [0.1, 0.15) is 19.0 Å². The van der Waals surface area contributed by atoms with Gasteiger partial charge in [-0.2, -0.15) is 0 Å². The van der Waals surface area contributed by atoms with Crippen LogP contribution < -0.4 is 14.2 Å². The van der Waals surface area contributed by atoms with Crippen molar-refractivity contribution in [2.75, 3.05) is 27.4 Å². The summed E-state index contributed by atoms with van der Waals surface area (Å²) in [5, 5.41) is 0.471. The Morgan fingerprint density at radius 1 is 1.27 bits per heavy atom. The van der Waals surface area contributed by atoms with Crippen molar-refractivity contribution in [2.45, 2.75) is 6.54 Å². The van der Waals surface area contributed by atoms with Crippen molar-refractivity contribution < 1.29 is 19.0 Å². The van der Waals surface area contributed by atoms with E-state index in [9.17, 15) is 4.79 Å². The Morgan fingerprint density at radius 2 is 2.08 bits per heavy atom. The van der Waals surface area contributed by atoms with Crippen LogP contribution in [0.1, 0.15) is 11.1 Å². The number of methoxy groups -OCH3 is 1. The topological polar surface area (TPSA) is 48.0 Å². The van der Waals surface area contributed by atoms with E-state index >= 15 is 0 Å². The smallest absolute Gasteiger partial charge is 0.246 e. The van der Waals surface area contributed by atoms with Crippen LogP contribution in [0.4, 0.5) is 0 Å². The zero-order valence-electron chi connectivity index (χ0n) is 14.7. The molecule has 2 aromatic rings. The van der Waals surface area contributed by atoms with Gasteiger partial charge in [-0.15, -0.1) is 0 Å². The van der Waals surface area contributed by atoms with E-state index < -0.39 is 0 Å². The summed E-state index contributed by atoms with van der Waals surface area (Å²) in [6.07, 6.45) is 3.23. The lowest BCUT2D eigenvalue weighted by Crippen LogP contribution is -2.24. The fraction of sp³-hybridized carbons (Fsp3) is 0.250. The molecule has 0 saturated carbocycles. The van der Waals surface area contributed by atoms with Crippen LogP contribution in [0.3, 0.4) is 0 Å². The summed E-state index contributed by atoms with van der Waals surface area (Å²) >= 11 is 6.21. The zero-order valence-corrected chi connectivity index (χ0v) is 15.5. The monoisotopic (exact) mass is 373 g/mol. The third kappa shape index (κ3) is 4.29. The third-order valence-electron chi connectivity index (χ3n) is 3.97. The minimum Gasteiger partial charge on any atom is -0.497 e. The highest BCUT2D eigenvalue weighted by atomic mass is 35.5. The molecule has 0 bridgehead atoms. The molecule has 2 aromatic carbocycles. The summed E-state index contributed by atoms with van der Waals surface area (Å²) in [5.41, 5.74) is 1.78. The molecule has 26 heavy (non-hydrogen) atoms. The fourth-order valence-electron chi connectivity index (χ4n) is 2.64. The molecule has 0 aromatic heterocycles. The normalized spacial score (nSPS) is 12.9. The van der Waals surface area contributed by atoms with Gasteiger partial charge in [0.05, 0.1) is 12.1 Å². The van der Waals surface area contributed by atoms with Gasteiger partial charge in [0.15, 0.2) is 11.5 Å². The first-order valence-corrected chi connectivity index (χ1v) is 8.60. The van der Waals surface area contributed by atoms with Gasteiger partial charge in [0.2, 0.25) is 5.91 Å². The van der Waals surface area contributed by atoms with E-state index in [-0.39, 0.29) is 5.91 Å². The second-order valence-electron chi connectivity index (χ2n) is 5.91. The van der Waals surface area contributed by atoms with Gasteiger partial charge >= 0.3 is 0 Å². The van der Waals surface area contributed by atoms with Gasteiger partial charge in [0, 0.05) is 19.7 Å². The standard InChI is InChI=1S/C20H20ClNO4/c1-22(13-15-4-3-5-16(10-15)24-2)19(23)7-6-14-11-17(21)20-18(12-14)25-8-9-26-20/h3-7,10-12H,8-9,13H2,1-2H3/b7-6+. The van der Waals surface area contributed by atoms with Gasteiger partial charge in [-0.05, 0) is 41.5 Å². The Labute approximate surface area is 157 Å². The highest BCUT2D eigenvalue weighted by Gasteiger charge is 2.16. The molecule has 0 unspecified atom stereocenters. The number of hydrogen-bond donors (Lipinski definition) is 0. The molecule has 6 heteroatoms. The van der Waals surface area contributed by atoms with E-state index in [1.165, 1.54) is 6.08 Å². The van der Waals surface area contributed by atoms with Crippen molar-refractivity contribution in [2.24, 2.45) is 0 Å². The minimum atomic E-state index is -0.112. The predicted octanol–water partition coefficient (Wildman–Crippen LogP) is 3.79. The second-order valence-corrected chi connectivity index (χ2v) is 6.31. The van der Waals surface area contributed by atoms with E-state index in [4.69, 9.17) is 25.8 Å². The number of nitrogens with zero attached hydrogens (tertiary/aromatic N) is 1. The van der Waals surface area contributed by atoms with Gasteiger partial charge < -0.3 is 19.1 Å². The molecule has 0 aliphatic carbocycles. The second kappa shape index (κ2) is 8.15. The largest absolute Gasteiger partial charge is 0.497 e. The van der Waals surface area contributed by atoms with E-state index in [0.29, 0.717) is 36.3 Å². The lowest BCUT2D eigenvalue weighted by Gasteiger charge is -2.19. The third-order valence-corrected chi connectivity index (χ3v) is 4.25. The number of carbonyl (C=O) groups excluding carboxylic acids is 1. The summed E-state index contributed by atoms with van der Waals surface area (Å²) < 4.78 is 16.2. The predicted molar refractivity (Wildman–Crippen MR) is 101 cm³/mol. The number of hydrogen-bond acceptors (Lipinski definition) is 4. The van der Waals surface area contributed by atoms with E-state index in [1.54, 1.807) is 31.2 Å². The maximum Gasteiger partial charge on any atom is 0.246 e. The molecule has 0 atom stereocenters. The molecular weight excluding hydrogens is 354 g/mol. The number of ether oxygens (including phenoxy) is 3. The van der Waals surface area contributed by atoms with Crippen LogP contribution in [0.25, 0.3) is 6.08 Å². The maximum absolute atomic E-state index is 12.4. The summed E-state index contributed by atoms with van der Waals surface area (Å²) in [7, 11) is 3.37. The van der Waals surface area contributed by atoms with Gasteiger partial charge in [-0.1, -0.05) is 23.7 Å². The number of halogens is 1. The van der Waals surface area contributed by atoms with Crippen molar-refractivity contribution in [3.63, 3.8) is 0 Å². The summed E-state index contributed by atoms with van der Waals surface area (Å²) in [6.45, 7) is 1.45. The Hall–Kier alpha value is -2.66. The van der Waals surface area contributed by atoms with E-state index in [1.807, 2.05) is 30.3 Å². The van der Waals surface area contributed by atoms with Crippen LogP contribution in [0, 0.1) is 0 Å². The number of carbonyl (C=O) groups is 1. The first-order chi connectivity index (χ1) is 12.6. The lowest BCUT2D eigenvalue weighted by atomic mass is 10.1. The number of benzene rings is 2. The van der Waals surface area contributed by atoms with Crippen LogP contribution in [0.5, 0.6) is 17.2 Å². The molecule has 1 aliphatic rings. The molecule has 1 amide bonds. The Morgan fingerprint density at radius 3 is 2.88 bits per heavy atom. The minimum absolute atomic E-state index is 0.112. The van der Waals surface area contributed by atoms with Crippen LogP contribution in [0.2, 0.25) is 5.02 Å². The highest BCUT2D eigenvalue weighted by molar-refractivity contribution is 6.32. The van der Waals surface area contributed by atoms with E-state index in [0.717, 1.165) is 16.9 Å². The van der Waals surface area contributed by atoms with Crippen LogP contribution >= 0.6 is 11.6 Å². The average Bonchev–Trinajstić information content (AvgIpc) is 2.66. The van der Waals surface area contributed by atoms with Gasteiger partial charge in [-0.3, -0.25) is 4.79 Å². The SMILES string of the molecule is COc1cccc(CN(C)C(=O)/C=C/c2cc(Cl)c3c(c2)OCCO3)c1. The Balaban J connectivity index is 1.67. The van der Waals surface area contributed by atoms with Gasteiger partial charge in [-0.25, -0.2) is 0 Å². The number of fused-ring (bicyclic) bond motifs is 1. The summed E-state index contributed by atoms with van der Waals surface area (Å²) in [6, 6.07) is 11.2. The lowest BCUT2D eigenvalue weighted by molar-refractivity contribution is -0.125. The van der Waals surface area contributed by atoms with Crippen molar-refractivity contribution in [3.8, 4) is 17.2 Å². The Kier molecular flexibility index (Phi) is 5.68.